The van der Waals surface area contributed by atoms with Gasteiger partial charge in [-0.25, -0.2) is 9.78 Å². The summed E-state index contributed by atoms with van der Waals surface area (Å²) >= 11 is 1.58. The van der Waals surface area contributed by atoms with Gasteiger partial charge < -0.3 is 10.6 Å². The molecule has 1 aliphatic rings. The van der Waals surface area contributed by atoms with Crippen molar-refractivity contribution >= 4 is 28.2 Å². The van der Waals surface area contributed by atoms with E-state index in [0.717, 1.165) is 28.3 Å². The zero-order valence-electron chi connectivity index (χ0n) is 12.8. The number of nitrogens with one attached hydrogen (secondary N) is 2. The predicted octanol–water partition coefficient (Wildman–Crippen LogP) is 2.83. The van der Waals surface area contributed by atoms with Gasteiger partial charge >= 0.3 is 6.03 Å². The molecule has 1 fully saturated rings. The molecule has 1 aromatic heterocycles. The van der Waals surface area contributed by atoms with Crippen LogP contribution in [0.4, 0.5) is 4.79 Å². The van der Waals surface area contributed by atoms with Crippen LogP contribution in [-0.4, -0.2) is 21.5 Å². The molecule has 0 saturated heterocycles. The number of hydrogen-bond acceptors (Lipinski definition) is 4. The van der Waals surface area contributed by atoms with E-state index in [2.05, 4.69) is 15.6 Å². The number of aromatic nitrogens is 1. The molecule has 122 valence electrons. The average molecular weight is 349 g/mol. The summed E-state index contributed by atoms with van der Waals surface area (Å²) in [7, 11) is -0.979. The van der Waals surface area contributed by atoms with Crippen molar-refractivity contribution in [2.75, 3.05) is 6.26 Å². The van der Waals surface area contributed by atoms with Crippen molar-refractivity contribution in [1.82, 2.24) is 15.6 Å². The van der Waals surface area contributed by atoms with Crippen LogP contribution >= 0.6 is 11.3 Å². The summed E-state index contributed by atoms with van der Waals surface area (Å²) in [4.78, 5) is 17.2. The first-order valence-electron chi connectivity index (χ1n) is 7.49. The summed E-state index contributed by atoms with van der Waals surface area (Å²) in [6, 6.07) is 7.26. The van der Waals surface area contributed by atoms with Gasteiger partial charge in [0.25, 0.3) is 0 Å². The third-order valence-corrected chi connectivity index (χ3v) is 5.60. The van der Waals surface area contributed by atoms with Crippen molar-refractivity contribution in [3.63, 3.8) is 0 Å². The van der Waals surface area contributed by atoms with E-state index >= 15 is 0 Å². The molecule has 2 N–H and O–H groups in total. The number of carbonyl (C=O) groups is 1. The monoisotopic (exact) mass is 349 g/mol. The molecule has 1 aromatic carbocycles. The van der Waals surface area contributed by atoms with Gasteiger partial charge in [-0.3, -0.25) is 4.21 Å². The Labute approximate surface area is 142 Å². The van der Waals surface area contributed by atoms with Crippen LogP contribution in [0.15, 0.2) is 40.7 Å². The first-order valence-corrected chi connectivity index (χ1v) is 9.93. The lowest BCUT2D eigenvalue weighted by Gasteiger charge is -2.16. The highest BCUT2D eigenvalue weighted by Gasteiger charge is 2.34. The second kappa shape index (κ2) is 7.23. The number of thiazole rings is 1. The molecule has 2 aromatic rings. The maximum atomic E-state index is 12.1. The van der Waals surface area contributed by atoms with Crippen LogP contribution in [0.5, 0.6) is 0 Å². The first-order chi connectivity index (χ1) is 11.1. The van der Waals surface area contributed by atoms with Crippen LogP contribution in [0.25, 0.3) is 0 Å². The zero-order chi connectivity index (χ0) is 16.2. The number of amides is 2. The Morgan fingerprint density at radius 2 is 2.13 bits per heavy atom. The van der Waals surface area contributed by atoms with Gasteiger partial charge in [0.15, 0.2) is 0 Å². The van der Waals surface area contributed by atoms with Crippen molar-refractivity contribution in [2.45, 2.75) is 30.3 Å². The van der Waals surface area contributed by atoms with E-state index in [1.165, 1.54) is 0 Å². The molecular weight excluding hydrogens is 330 g/mol. The Morgan fingerprint density at radius 1 is 1.39 bits per heavy atom. The average Bonchev–Trinajstić information content (AvgIpc) is 3.25. The number of urea groups is 1. The number of benzene rings is 1. The van der Waals surface area contributed by atoms with E-state index in [9.17, 15) is 9.00 Å². The summed E-state index contributed by atoms with van der Waals surface area (Å²) in [6.45, 7) is 0.442. The molecule has 3 rings (SSSR count). The van der Waals surface area contributed by atoms with E-state index in [0.29, 0.717) is 12.5 Å². The molecule has 0 radical (unpaired) electrons. The minimum Gasteiger partial charge on any atom is -0.334 e. The fourth-order valence-corrected chi connectivity index (χ4v) is 3.67. The van der Waals surface area contributed by atoms with Gasteiger partial charge in [0.05, 0.1) is 6.04 Å². The fraction of sp³-hybridized carbons (Fsp3) is 0.375. The molecule has 23 heavy (non-hydrogen) atoms. The second-order valence-corrected chi connectivity index (χ2v) is 7.92. The SMILES string of the molecule is C[S@@](=O)c1ccc(CNC(=O)N[C@H](c2nccs2)C2CC2)cc1. The first kappa shape index (κ1) is 16.1. The Bertz CT molecular complexity index is 682. The minimum absolute atomic E-state index is 0.0138. The summed E-state index contributed by atoms with van der Waals surface area (Å²) in [5.41, 5.74) is 0.978. The Balaban J connectivity index is 1.53. The molecule has 2 amide bonds. The van der Waals surface area contributed by atoms with Gasteiger partial charge in [-0.1, -0.05) is 12.1 Å². The van der Waals surface area contributed by atoms with E-state index in [-0.39, 0.29) is 12.1 Å². The van der Waals surface area contributed by atoms with Crippen molar-refractivity contribution < 1.29 is 9.00 Å². The predicted molar refractivity (Wildman–Crippen MR) is 91.7 cm³/mol. The van der Waals surface area contributed by atoms with Gasteiger partial charge in [-0.05, 0) is 36.5 Å². The van der Waals surface area contributed by atoms with Crippen LogP contribution in [0, 0.1) is 5.92 Å². The third kappa shape index (κ3) is 4.39. The molecule has 0 spiro atoms. The quantitative estimate of drug-likeness (QED) is 0.842. The van der Waals surface area contributed by atoms with E-state index in [4.69, 9.17) is 0 Å². The van der Waals surface area contributed by atoms with E-state index in [1.807, 2.05) is 29.6 Å². The van der Waals surface area contributed by atoms with Gasteiger partial charge in [0.1, 0.15) is 5.01 Å². The Kier molecular flexibility index (Phi) is 5.07. The molecule has 0 unspecified atom stereocenters. The standard InChI is InChI=1S/C16H19N3O2S2/c1-23(21)13-6-2-11(3-7-13)10-18-16(20)19-14(12-4-5-12)15-17-8-9-22-15/h2-3,6-9,12,14H,4-5,10H2,1H3,(H2,18,19,20)/t14-,23+/m0/s1. The van der Waals surface area contributed by atoms with E-state index in [1.54, 1.807) is 23.8 Å². The Hall–Kier alpha value is -1.73. The number of nitrogens with zero attached hydrogens (tertiary/aromatic N) is 1. The maximum absolute atomic E-state index is 12.1. The van der Waals surface area contributed by atoms with Crippen LogP contribution in [0.2, 0.25) is 0 Å². The van der Waals surface area contributed by atoms with Crippen molar-refractivity contribution in [3.05, 3.63) is 46.4 Å². The molecule has 2 atom stereocenters. The minimum atomic E-state index is -0.979. The van der Waals surface area contributed by atoms with Gasteiger partial charge in [-0.15, -0.1) is 11.3 Å². The second-order valence-electron chi connectivity index (χ2n) is 5.61. The normalized spacial score (nSPS) is 16.6. The highest BCUT2D eigenvalue weighted by molar-refractivity contribution is 7.84. The highest BCUT2D eigenvalue weighted by atomic mass is 32.2. The van der Waals surface area contributed by atoms with Gasteiger partial charge in [0, 0.05) is 40.1 Å². The lowest BCUT2D eigenvalue weighted by Crippen LogP contribution is -2.38. The number of hydrogen-bond donors (Lipinski definition) is 2. The lowest BCUT2D eigenvalue weighted by atomic mass is 10.2. The molecule has 1 saturated carbocycles. The van der Waals surface area contributed by atoms with Gasteiger partial charge in [0.2, 0.25) is 0 Å². The zero-order valence-corrected chi connectivity index (χ0v) is 14.5. The lowest BCUT2D eigenvalue weighted by molar-refractivity contribution is 0.235. The van der Waals surface area contributed by atoms with Crippen molar-refractivity contribution in [1.29, 1.82) is 0 Å². The number of carbonyl (C=O) groups excluding carboxylic acids is 1. The Morgan fingerprint density at radius 3 is 2.70 bits per heavy atom. The van der Waals surface area contributed by atoms with Crippen molar-refractivity contribution in [2.24, 2.45) is 5.92 Å². The van der Waals surface area contributed by atoms with Crippen LogP contribution in [0.3, 0.4) is 0 Å². The molecule has 1 heterocycles. The molecular formula is C16H19N3O2S2. The molecule has 5 nitrogen and oxygen atoms in total. The fourth-order valence-electron chi connectivity index (χ4n) is 2.37. The third-order valence-electron chi connectivity index (χ3n) is 3.81. The van der Waals surface area contributed by atoms with Crippen molar-refractivity contribution in [3.8, 4) is 0 Å². The smallest absolute Gasteiger partial charge is 0.315 e. The molecule has 0 bridgehead atoms. The van der Waals surface area contributed by atoms with E-state index < -0.39 is 10.8 Å². The van der Waals surface area contributed by atoms with Gasteiger partial charge in [-0.2, -0.15) is 0 Å². The maximum Gasteiger partial charge on any atom is 0.315 e. The molecule has 7 heteroatoms. The molecule has 0 aliphatic heterocycles. The molecule has 1 aliphatic carbocycles. The highest BCUT2D eigenvalue weighted by Crippen LogP contribution is 2.41. The van der Waals surface area contributed by atoms with Crippen LogP contribution in [0.1, 0.15) is 29.5 Å². The number of rotatable bonds is 6. The summed E-state index contributed by atoms with van der Waals surface area (Å²) in [6.07, 6.45) is 5.70. The summed E-state index contributed by atoms with van der Waals surface area (Å²) < 4.78 is 11.4. The van der Waals surface area contributed by atoms with Crippen LogP contribution < -0.4 is 10.6 Å². The largest absolute Gasteiger partial charge is 0.334 e. The topological polar surface area (TPSA) is 71.1 Å². The summed E-state index contributed by atoms with van der Waals surface area (Å²) in [5, 5.41) is 8.81. The summed E-state index contributed by atoms with van der Waals surface area (Å²) in [5.74, 6) is 0.505. The van der Waals surface area contributed by atoms with Crippen LogP contribution in [-0.2, 0) is 17.3 Å².